The third-order valence-corrected chi connectivity index (χ3v) is 2.77. The van der Waals surface area contributed by atoms with Gasteiger partial charge in [0.15, 0.2) is 0 Å². The van der Waals surface area contributed by atoms with Crippen LogP contribution in [-0.2, 0) is 0 Å². The van der Waals surface area contributed by atoms with Crippen molar-refractivity contribution in [3.8, 4) is 0 Å². The van der Waals surface area contributed by atoms with Crippen LogP contribution >= 0.6 is 0 Å². The molecule has 5 nitrogen and oxygen atoms in total. The van der Waals surface area contributed by atoms with Crippen molar-refractivity contribution < 1.29 is 4.79 Å². The molecule has 4 N–H and O–H groups in total. The van der Waals surface area contributed by atoms with Crippen molar-refractivity contribution in [1.82, 2.24) is 16.0 Å². The number of rotatable bonds is 0. The van der Waals surface area contributed by atoms with E-state index in [2.05, 4.69) is 22.9 Å². The molecule has 72 valence electrons. The van der Waals surface area contributed by atoms with E-state index in [1.807, 2.05) is 0 Å². The lowest BCUT2D eigenvalue weighted by Crippen LogP contribution is -2.56. The van der Waals surface area contributed by atoms with Crippen LogP contribution in [-0.4, -0.2) is 30.0 Å². The van der Waals surface area contributed by atoms with E-state index in [9.17, 15) is 4.79 Å². The number of hydrogen-bond donors (Lipinski definition) is 4. The predicted octanol–water partition coefficient (Wildman–Crippen LogP) is -0.213. The second-order valence-electron chi connectivity index (χ2n) is 3.85. The van der Waals surface area contributed by atoms with Crippen LogP contribution in [0.3, 0.4) is 0 Å². The summed E-state index contributed by atoms with van der Waals surface area (Å²) in [5, 5.41) is 16.3. The smallest absolute Gasteiger partial charge is 0.321 e. The fourth-order valence-corrected chi connectivity index (χ4v) is 2.11. The number of urea groups is 1. The van der Waals surface area contributed by atoms with Gasteiger partial charge in [0.1, 0.15) is 11.4 Å². The first kappa shape index (κ1) is 8.50. The minimum atomic E-state index is -0.415. The molecule has 0 aromatic rings. The zero-order chi connectivity index (χ0) is 9.47. The van der Waals surface area contributed by atoms with Gasteiger partial charge in [0.05, 0.1) is 0 Å². The highest BCUT2D eigenvalue weighted by atomic mass is 16.2. The highest BCUT2D eigenvalue weighted by Gasteiger charge is 2.45. The van der Waals surface area contributed by atoms with Crippen LogP contribution in [0, 0.1) is 5.41 Å². The van der Waals surface area contributed by atoms with Crippen LogP contribution in [0.5, 0.6) is 0 Å². The molecule has 0 aliphatic carbocycles. The molecule has 2 amide bonds. The van der Waals surface area contributed by atoms with Gasteiger partial charge in [0, 0.05) is 6.04 Å². The molecule has 0 aromatic carbocycles. The molecular weight excluding hydrogens is 168 g/mol. The normalized spacial score (nSPS) is 39.0. The third kappa shape index (κ3) is 1.29. The molecule has 2 saturated heterocycles. The van der Waals surface area contributed by atoms with Gasteiger partial charge in [-0.3, -0.25) is 10.7 Å². The summed E-state index contributed by atoms with van der Waals surface area (Å²) < 4.78 is 0. The van der Waals surface area contributed by atoms with Gasteiger partial charge < -0.3 is 10.6 Å². The van der Waals surface area contributed by atoms with Gasteiger partial charge in [0.25, 0.3) is 0 Å². The number of piperidine rings is 1. The number of amidine groups is 1. The zero-order valence-corrected chi connectivity index (χ0v) is 7.61. The van der Waals surface area contributed by atoms with Crippen LogP contribution in [0.2, 0.25) is 0 Å². The van der Waals surface area contributed by atoms with Gasteiger partial charge >= 0.3 is 6.03 Å². The Hall–Kier alpha value is -1.10. The standard InChI is InChI=1S/C8H14N4O/c1-5-4-8(2-3-10-5)6(9)11-7(13)12-8/h5,10H,2-4H2,1H3,(H3,9,11,12,13). The lowest BCUT2D eigenvalue weighted by molar-refractivity contribution is 0.236. The van der Waals surface area contributed by atoms with Crippen LogP contribution in [0.1, 0.15) is 19.8 Å². The number of nitrogens with one attached hydrogen (secondary N) is 4. The Kier molecular flexibility index (Phi) is 1.76. The average Bonchev–Trinajstić information content (AvgIpc) is 2.26. The first-order valence-electron chi connectivity index (χ1n) is 4.54. The molecule has 2 heterocycles. The maximum atomic E-state index is 11.1. The molecule has 1 spiro atoms. The van der Waals surface area contributed by atoms with Crippen molar-refractivity contribution in [2.75, 3.05) is 6.54 Å². The van der Waals surface area contributed by atoms with Gasteiger partial charge in [-0.2, -0.15) is 0 Å². The van der Waals surface area contributed by atoms with E-state index >= 15 is 0 Å². The van der Waals surface area contributed by atoms with E-state index < -0.39 is 5.54 Å². The summed E-state index contributed by atoms with van der Waals surface area (Å²) in [6, 6.07) is 0.119. The maximum absolute atomic E-state index is 11.1. The summed E-state index contributed by atoms with van der Waals surface area (Å²) in [5.41, 5.74) is -0.415. The van der Waals surface area contributed by atoms with E-state index in [0.717, 1.165) is 19.4 Å². The second-order valence-corrected chi connectivity index (χ2v) is 3.85. The summed E-state index contributed by atoms with van der Waals surface area (Å²) in [7, 11) is 0. The summed E-state index contributed by atoms with van der Waals surface area (Å²) in [6.45, 7) is 2.92. The Labute approximate surface area is 76.8 Å². The van der Waals surface area contributed by atoms with Gasteiger partial charge in [0.2, 0.25) is 0 Å². The van der Waals surface area contributed by atoms with Crippen molar-refractivity contribution in [2.45, 2.75) is 31.3 Å². The Morgan fingerprint density at radius 3 is 2.92 bits per heavy atom. The maximum Gasteiger partial charge on any atom is 0.321 e. The van der Waals surface area contributed by atoms with Gasteiger partial charge in [-0.05, 0) is 26.3 Å². The van der Waals surface area contributed by atoms with Crippen molar-refractivity contribution in [3.05, 3.63) is 0 Å². The molecule has 0 bridgehead atoms. The van der Waals surface area contributed by atoms with Crippen LogP contribution < -0.4 is 16.0 Å². The summed E-state index contributed by atoms with van der Waals surface area (Å²) in [5.74, 6) is 0.325. The second kappa shape index (κ2) is 2.70. The molecule has 2 unspecified atom stereocenters. The van der Waals surface area contributed by atoms with Crippen LogP contribution in [0.4, 0.5) is 4.79 Å². The first-order valence-corrected chi connectivity index (χ1v) is 4.54. The highest BCUT2D eigenvalue weighted by Crippen LogP contribution is 2.24. The fourth-order valence-electron chi connectivity index (χ4n) is 2.11. The van der Waals surface area contributed by atoms with Gasteiger partial charge in [-0.25, -0.2) is 4.79 Å². The Bertz CT molecular complexity index is 265. The van der Waals surface area contributed by atoms with E-state index in [1.165, 1.54) is 0 Å². The fraction of sp³-hybridized carbons (Fsp3) is 0.750. The lowest BCUT2D eigenvalue weighted by atomic mass is 9.84. The van der Waals surface area contributed by atoms with Gasteiger partial charge in [-0.15, -0.1) is 0 Å². The summed E-state index contributed by atoms with van der Waals surface area (Å²) in [6.07, 6.45) is 1.60. The Morgan fingerprint density at radius 2 is 2.38 bits per heavy atom. The van der Waals surface area contributed by atoms with E-state index in [1.54, 1.807) is 0 Å². The van der Waals surface area contributed by atoms with Crippen molar-refractivity contribution in [1.29, 1.82) is 5.41 Å². The largest absolute Gasteiger partial charge is 0.325 e. The van der Waals surface area contributed by atoms with Crippen LogP contribution in [0.15, 0.2) is 0 Å². The van der Waals surface area contributed by atoms with Gasteiger partial charge in [-0.1, -0.05) is 0 Å². The highest BCUT2D eigenvalue weighted by molar-refractivity contribution is 6.08. The summed E-state index contributed by atoms with van der Waals surface area (Å²) >= 11 is 0. The monoisotopic (exact) mass is 182 g/mol. The number of hydrogen-bond acceptors (Lipinski definition) is 3. The quantitative estimate of drug-likeness (QED) is 0.418. The number of carbonyl (C=O) groups is 1. The number of amides is 2. The van der Waals surface area contributed by atoms with E-state index in [-0.39, 0.29) is 6.03 Å². The molecule has 0 aromatic heterocycles. The molecular formula is C8H14N4O. The molecule has 13 heavy (non-hydrogen) atoms. The minimum Gasteiger partial charge on any atom is -0.325 e. The summed E-state index contributed by atoms with van der Waals surface area (Å²) in [4.78, 5) is 11.1. The van der Waals surface area contributed by atoms with Crippen LogP contribution in [0.25, 0.3) is 0 Å². The van der Waals surface area contributed by atoms with Crippen molar-refractivity contribution in [3.63, 3.8) is 0 Å². The average molecular weight is 182 g/mol. The predicted molar refractivity (Wildman–Crippen MR) is 48.8 cm³/mol. The van der Waals surface area contributed by atoms with Crippen molar-refractivity contribution >= 4 is 11.9 Å². The zero-order valence-electron chi connectivity index (χ0n) is 7.61. The molecule has 2 aliphatic heterocycles. The third-order valence-electron chi connectivity index (χ3n) is 2.77. The molecule has 2 rings (SSSR count). The van der Waals surface area contributed by atoms with E-state index in [4.69, 9.17) is 5.41 Å². The Balaban J connectivity index is 2.19. The topological polar surface area (TPSA) is 77.0 Å². The first-order chi connectivity index (χ1) is 6.12. The number of carbonyl (C=O) groups excluding carboxylic acids is 1. The molecule has 0 saturated carbocycles. The SMILES string of the molecule is CC1CC2(CCN1)NC(=O)NC2=N. The molecule has 2 aliphatic rings. The lowest BCUT2D eigenvalue weighted by Gasteiger charge is -2.36. The Morgan fingerprint density at radius 1 is 1.62 bits per heavy atom. The van der Waals surface area contributed by atoms with Crippen molar-refractivity contribution in [2.24, 2.45) is 0 Å². The molecule has 2 fully saturated rings. The minimum absolute atomic E-state index is 0.237. The van der Waals surface area contributed by atoms with E-state index in [0.29, 0.717) is 11.9 Å². The molecule has 5 heteroatoms. The molecule has 0 radical (unpaired) electrons. The molecule has 2 atom stereocenters.